The second-order valence-electron chi connectivity index (χ2n) is 5.01. The fourth-order valence-corrected chi connectivity index (χ4v) is 2.64. The second kappa shape index (κ2) is 5.40. The van der Waals surface area contributed by atoms with Gasteiger partial charge in [0.25, 0.3) is 5.75 Å². The molecule has 108 valence electrons. The minimum atomic E-state index is -0.551. The maximum absolute atomic E-state index is 11.4. The summed E-state index contributed by atoms with van der Waals surface area (Å²) in [6.07, 6.45) is 6.27. The number of aromatic nitrogens is 1. The summed E-state index contributed by atoms with van der Waals surface area (Å²) in [5.41, 5.74) is 2.09. The summed E-state index contributed by atoms with van der Waals surface area (Å²) in [6.45, 7) is 0. The van der Waals surface area contributed by atoms with Crippen LogP contribution in [0, 0.1) is 15.3 Å². The molecule has 21 heavy (non-hydrogen) atoms. The Hall–Kier alpha value is -2.63. The molecule has 0 atom stereocenters. The van der Waals surface area contributed by atoms with Gasteiger partial charge in [-0.2, -0.15) is 4.73 Å². The Morgan fingerprint density at radius 2 is 1.95 bits per heavy atom. The molecule has 0 aliphatic heterocycles. The third-order valence-electron chi connectivity index (χ3n) is 3.65. The lowest BCUT2D eigenvalue weighted by atomic mass is 9.91. The van der Waals surface area contributed by atoms with E-state index in [4.69, 9.17) is 4.74 Å². The molecule has 0 radical (unpaired) electrons. The summed E-state index contributed by atoms with van der Waals surface area (Å²) in [5, 5.41) is 22.4. The molecule has 0 bridgehead atoms. The van der Waals surface area contributed by atoms with Crippen LogP contribution in [0.15, 0.2) is 36.7 Å². The smallest absolute Gasteiger partial charge is 0.323 e. The summed E-state index contributed by atoms with van der Waals surface area (Å²) in [5.74, 6) is 0.568. The van der Waals surface area contributed by atoms with Gasteiger partial charge in [-0.05, 0) is 42.9 Å². The van der Waals surface area contributed by atoms with E-state index in [9.17, 15) is 15.3 Å². The van der Waals surface area contributed by atoms with Gasteiger partial charge in [0, 0.05) is 0 Å². The number of fused-ring (bicyclic) bond motifs is 1. The first-order valence-corrected chi connectivity index (χ1v) is 6.81. The quantitative estimate of drug-likeness (QED) is 0.376. The summed E-state index contributed by atoms with van der Waals surface area (Å²) in [7, 11) is 0. The van der Waals surface area contributed by atoms with Crippen molar-refractivity contribution in [3.05, 3.63) is 63.1 Å². The zero-order valence-electron chi connectivity index (χ0n) is 11.3. The minimum Gasteiger partial charge on any atom is -0.619 e. The molecule has 0 saturated heterocycles. The summed E-state index contributed by atoms with van der Waals surface area (Å²) >= 11 is 0. The summed E-state index contributed by atoms with van der Waals surface area (Å²) in [6, 6.07) is 6.86. The van der Waals surface area contributed by atoms with Crippen molar-refractivity contribution in [3.8, 4) is 11.5 Å². The van der Waals surface area contributed by atoms with Gasteiger partial charge in [-0.1, -0.05) is 12.1 Å². The Bertz CT molecular complexity index is 700. The molecule has 0 amide bonds. The van der Waals surface area contributed by atoms with Crippen LogP contribution in [0.25, 0.3) is 0 Å². The zero-order valence-corrected chi connectivity index (χ0v) is 11.3. The lowest BCUT2D eigenvalue weighted by Gasteiger charge is -2.18. The average Bonchev–Trinajstić information content (AvgIpc) is 2.47. The first-order chi connectivity index (χ1) is 10.1. The van der Waals surface area contributed by atoms with Crippen molar-refractivity contribution < 1.29 is 14.4 Å². The maximum Gasteiger partial charge on any atom is 0.323 e. The number of nitrogens with zero attached hydrogens (tertiary/aromatic N) is 2. The fraction of sp³-hybridized carbons (Fsp3) is 0.267. The van der Waals surface area contributed by atoms with Crippen LogP contribution < -0.4 is 9.47 Å². The Balaban J connectivity index is 2.01. The molecule has 6 heteroatoms. The van der Waals surface area contributed by atoms with Crippen molar-refractivity contribution >= 4 is 5.69 Å². The van der Waals surface area contributed by atoms with Gasteiger partial charge in [0.05, 0.1) is 11.0 Å². The highest BCUT2D eigenvalue weighted by Crippen LogP contribution is 2.35. The second-order valence-corrected chi connectivity index (χ2v) is 5.01. The van der Waals surface area contributed by atoms with E-state index in [1.54, 1.807) is 6.07 Å². The van der Waals surface area contributed by atoms with Gasteiger partial charge in [0.2, 0.25) is 6.20 Å². The molecule has 1 aliphatic carbocycles. The van der Waals surface area contributed by atoms with Crippen molar-refractivity contribution in [2.75, 3.05) is 0 Å². The lowest BCUT2D eigenvalue weighted by Crippen LogP contribution is -2.24. The van der Waals surface area contributed by atoms with Crippen molar-refractivity contribution in [2.45, 2.75) is 25.7 Å². The number of hydrogen-bond donors (Lipinski definition) is 0. The first-order valence-electron chi connectivity index (χ1n) is 6.81. The van der Waals surface area contributed by atoms with E-state index >= 15 is 0 Å². The molecule has 3 rings (SSSR count). The number of benzene rings is 1. The molecule has 0 N–H and O–H groups in total. The van der Waals surface area contributed by atoms with Crippen LogP contribution in [-0.2, 0) is 12.8 Å². The highest BCUT2D eigenvalue weighted by Gasteiger charge is 2.22. The van der Waals surface area contributed by atoms with Gasteiger partial charge in [-0.3, -0.25) is 10.1 Å². The predicted molar refractivity (Wildman–Crippen MR) is 75.2 cm³/mol. The van der Waals surface area contributed by atoms with E-state index in [2.05, 4.69) is 6.07 Å². The Kier molecular flexibility index (Phi) is 3.43. The molecule has 0 spiro atoms. The number of pyridine rings is 1. The Labute approximate surface area is 121 Å². The van der Waals surface area contributed by atoms with Crippen molar-refractivity contribution in [1.29, 1.82) is 0 Å². The van der Waals surface area contributed by atoms with Gasteiger partial charge in [-0.25, -0.2) is 0 Å². The normalized spacial score (nSPS) is 13.5. The molecule has 1 aromatic carbocycles. The van der Waals surface area contributed by atoms with Crippen molar-refractivity contribution in [1.82, 2.24) is 0 Å². The Morgan fingerprint density at radius 3 is 2.76 bits per heavy atom. The largest absolute Gasteiger partial charge is 0.619 e. The van der Waals surface area contributed by atoms with Gasteiger partial charge in [-0.15, -0.1) is 0 Å². The molecule has 1 aromatic heterocycles. The molecule has 0 fully saturated rings. The van der Waals surface area contributed by atoms with Gasteiger partial charge >= 0.3 is 5.69 Å². The van der Waals surface area contributed by atoms with Gasteiger partial charge < -0.3 is 9.94 Å². The van der Waals surface area contributed by atoms with Crippen molar-refractivity contribution in [3.63, 3.8) is 0 Å². The van der Waals surface area contributed by atoms with E-state index in [0.29, 0.717) is 10.5 Å². The van der Waals surface area contributed by atoms with E-state index in [0.717, 1.165) is 49.7 Å². The van der Waals surface area contributed by atoms with Crippen LogP contribution in [0.1, 0.15) is 24.0 Å². The number of ether oxygens (including phenoxy) is 1. The van der Waals surface area contributed by atoms with Crippen LogP contribution in [0.4, 0.5) is 5.69 Å². The van der Waals surface area contributed by atoms with Crippen LogP contribution >= 0.6 is 0 Å². The lowest BCUT2D eigenvalue weighted by molar-refractivity contribution is -0.606. The van der Waals surface area contributed by atoms with Gasteiger partial charge in [0.1, 0.15) is 5.75 Å². The third-order valence-corrected chi connectivity index (χ3v) is 3.65. The summed E-state index contributed by atoms with van der Waals surface area (Å²) in [4.78, 5) is 10.5. The first kappa shape index (κ1) is 13.4. The van der Waals surface area contributed by atoms with Crippen LogP contribution in [0.2, 0.25) is 0 Å². The highest BCUT2D eigenvalue weighted by molar-refractivity contribution is 5.48. The maximum atomic E-state index is 11.4. The molecule has 1 aliphatic rings. The van der Waals surface area contributed by atoms with Gasteiger partial charge in [0.15, 0.2) is 6.20 Å². The molecule has 0 unspecified atom stereocenters. The SMILES string of the molecule is O=[N+]([O-])c1cc[n+]([O-])cc1Oc1cccc2c1CCCC2. The van der Waals surface area contributed by atoms with Crippen LogP contribution in [-0.4, -0.2) is 4.92 Å². The minimum absolute atomic E-state index is 0.0310. The van der Waals surface area contributed by atoms with E-state index < -0.39 is 4.92 Å². The summed E-state index contributed by atoms with van der Waals surface area (Å²) < 4.78 is 6.19. The average molecular weight is 286 g/mol. The molecule has 1 heterocycles. The molecular weight excluding hydrogens is 272 g/mol. The molecule has 2 aromatic rings. The number of hydrogen-bond acceptors (Lipinski definition) is 4. The third kappa shape index (κ3) is 2.65. The molecular formula is C15H14N2O4. The standard InChI is InChI=1S/C15H14N2O4/c18-16-9-8-13(17(19)20)15(10-16)21-14-7-3-5-11-4-1-2-6-12(11)14/h3,5,7-10H,1-2,4,6H2. The van der Waals surface area contributed by atoms with E-state index in [-0.39, 0.29) is 11.4 Å². The monoisotopic (exact) mass is 286 g/mol. The Morgan fingerprint density at radius 1 is 1.14 bits per heavy atom. The highest BCUT2D eigenvalue weighted by atomic mass is 16.6. The fourth-order valence-electron chi connectivity index (χ4n) is 2.64. The molecule has 6 nitrogen and oxygen atoms in total. The van der Waals surface area contributed by atoms with Crippen LogP contribution in [0.5, 0.6) is 11.5 Å². The van der Waals surface area contributed by atoms with Crippen LogP contribution in [0.3, 0.4) is 0 Å². The predicted octanol–water partition coefficient (Wildman–Crippen LogP) is 2.90. The molecule has 0 saturated carbocycles. The number of nitro groups is 1. The number of aryl methyl sites for hydroxylation is 1. The zero-order chi connectivity index (χ0) is 14.8. The van der Waals surface area contributed by atoms with E-state index in [1.807, 2.05) is 6.07 Å². The van der Waals surface area contributed by atoms with Crippen molar-refractivity contribution in [2.24, 2.45) is 0 Å². The topological polar surface area (TPSA) is 79.3 Å². The number of rotatable bonds is 3. The van der Waals surface area contributed by atoms with E-state index in [1.165, 1.54) is 5.56 Å².